The van der Waals surface area contributed by atoms with E-state index in [9.17, 15) is 0 Å². The van der Waals surface area contributed by atoms with Crippen molar-refractivity contribution in [1.82, 2.24) is 9.55 Å². The average Bonchev–Trinajstić information content (AvgIpc) is 3.09. The van der Waals surface area contributed by atoms with Crippen LogP contribution in [0.3, 0.4) is 0 Å². The zero-order chi connectivity index (χ0) is 19.1. The first-order valence-corrected chi connectivity index (χ1v) is 10.2. The predicted octanol–water partition coefficient (Wildman–Crippen LogP) is 5.77. The van der Waals surface area contributed by atoms with Crippen LogP contribution in [0.15, 0.2) is 70.6 Å². The quantitative estimate of drug-likeness (QED) is 0.431. The molecule has 0 aromatic heterocycles. The molecule has 5 rings (SSSR count). The molecule has 0 fully saturated rings. The van der Waals surface area contributed by atoms with Gasteiger partial charge >= 0.3 is 0 Å². The lowest BCUT2D eigenvalue weighted by Gasteiger charge is -2.18. The Kier molecular flexibility index (Phi) is 4.41. The van der Waals surface area contributed by atoms with Crippen molar-refractivity contribution in [3.8, 4) is 34.1 Å². The van der Waals surface area contributed by atoms with E-state index in [0.29, 0.717) is 13.2 Å². The monoisotopic (exact) mass is 408 g/mol. The number of pyridine rings is 1. The van der Waals surface area contributed by atoms with Gasteiger partial charge in [-0.3, -0.25) is 0 Å². The number of nitrogens with zero attached hydrogens (tertiary/aromatic N) is 2. The maximum Gasteiger partial charge on any atom is 0.162 e. The van der Waals surface area contributed by atoms with Crippen molar-refractivity contribution in [1.29, 1.82) is 0 Å². The normalized spacial score (nSPS) is 13.1. The summed E-state index contributed by atoms with van der Waals surface area (Å²) in [4.78, 5) is 7.20. The fraction of sp³-hybridized carbons (Fsp3) is 0.136. The number of aryl methyl sites for hydroxylation is 1. The van der Waals surface area contributed by atoms with Crippen LogP contribution in [0.25, 0.3) is 22.6 Å². The molecule has 0 radical (unpaired) electrons. The molecule has 3 heterocycles. The zero-order valence-electron chi connectivity index (χ0n) is 15.2. The van der Waals surface area contributed by atoms with Crippen LogP contribution >= 0.6 is 23.4 Å². The fourth-order valence-corrected chi connectivity index (χ4v) is 4.48. The van der Waals surface area contributed by atoms with Crippen molar-refractivity contribution in [2.24, 2.45) is 7.05 Å². The van der Waals surface area contributed by atoms with Gasteiger partial charge in [0, 0.05) is 39.2 Å². The van der Waals surface area contributed by atoms with E-state index >= 15 is 0 Å². The Bertz CT molecular complexity index is 1120. The highest BCUT2D eigenvalue weighted by Gasteiger charge is 2.23. The summed E-state index contributed by atoms with van der Waals surface area (Å²) in [5.74, 6) is 2.50. The molecule has 0 saturated carbocycles. The number of halogens is 1. The highest BCUT2D eigenvalue weighted by molar-refractivity contribution is 7.99. The van der Waals surface area contributed by atoms with Gasteiger partial charge in [0.2, 0.25) is 0 Å². The summed E-state index contributed by atoms with van der Waals surface area (Å²) in [6, 6.07) is 18.1. The molecule has 4 nitrogen and oxygen atoms in total. The van der Waals surface area contributed by atoms with E-state index in [1.54, 1.807) is 11.8 Å². The third kappa shape index (κ3) is 3.11. The van der Waals surface area contributed by atoms with E-state index in [2.05, 4.69) is 6.07 Å². The number of rotatable bonds is 3. The Labute approximate surface area is 172 Å². The molecule has 6 heteroatoms. The van der Waals surface area contributed by atoms with Crippen LogP contribution < -0.4 is 9.47 Å². The van der Waals surface area contributed by atoms with Gasteiger partial charge in [-0.15, -0.1) is 0 Å². The second-order valence-corrected chi connectivity index (χ2v) is 8.08. The number of ether oxygens (including phenoxy) is 2. The van der Waals surface area contributed by atoms with E-state index in [-0.39, 0.29) is 0 Å². The summed E-state index contributed by atoms with van der Waals surface area (Å²) >= 11 is 7.75. The summed E-state index contributed by atoms with van der Waals surface area (Å²) in [6.45, 7) is 1.15. The standard InChI is InChI=1S/C22H17ClN2O2S/c1-25-10-2-3-17-21(28-16-7-5-15(23)6-8-16)20(24-22(17)25)14-4-9-18-19(13-14)27-12-11-26-18/h2-10,13H,11-12H2,1H3. The van der Waals surface area contributed by atoms with Crippen molar-refractivity contribution in [2.75, 3.05) is 13.2 Å². The minimum atomic E-state index is 0.564. The smallest absolute Gasteiger partial charge is 0.162 e. The van der Waals surface area contributed by atoms with Crippen molar-refractivity contribution >= 4 is 23.4 Å². The minimum absolute atomic E-state index is 0.564. The Balaban J connectivity index is 1.66. The molecule has 2 aromatic carbocycles. The van der Waals surface area contributed by atoms with Gasteiger partial charge in [0.05, 0.1) is 5.69 Å². The van der Waals surface area contributed by atoms with E-state index in [4.69, 9.17) is 26.1 Å². The lowest BCUT2D eigenvalue weighted by molar-refractivity contribution is 0.171. The molecular weight excluding hydrogens is 392 g/mol. The van der Waals surface area contributed by atoms with Gasteiger partial charge < -0.3 is 14.0 Å². The minimum Gasteiger partial charge on any atom is -0.486 e. The maximum atomic E-state index is 6.05. The molecule has 3 aliphatic rings. The molecule has 0 atom stereocenters. The predicted molar refractivity (Wildman–Crippen MR) is 112 cm³/mol. The average molecular weight is 409 g/mol. The van der Waals surface area contributed by atoms with E-state index < -0.39 is 0 Å². The highest BCUT2D eigenvalue weighted by atomic mass is 35.5. The van der Waals surface area contributed by atoms with Gasteiger partial charge in [-0.1, -0.05) is 23.4 Å². The Morgan fingerprint density at radius 2 is 1.79 bits per heavy atom. The van der Waals surface area contributed by atoms with E-state index in [0.717, 1.165) is 49.0 Å². The van der Waals surface area contributed by atoms with Crippen molar-refractivity contribution in [3.05, 3.63) is 65.8 Å². The van der Waals surface area contributed by atoms with Crippen LogP contribution in [-0.2, 0) is 7.05 Å². The van der Waals surface area contributed by atoms with Gasteiger partial charge in [0.15, 0.2) is 11.5 Å². The molecular formula is C22H17ClN2O2S. The first-order valence-electron chi connectivity index (χ1n) is 8.97. The van der Waals surface area contributed by atoms with Gasteiger partial charge in [0.1, 0.15) is 19.0 Å². The number of fused-ring (bicyclic) bond motifs is 2. The molecule has 0 aliphatic carbocycles. The largest absolute Gasteiger partial charge is 0.486 e. The van der Waals surface area contributed by atoms with Crippen molar-refractivity contribution in [2.45, 2.75) is 9.79 Å². The number of aromatic nitrogens is 2. The second-order valence-electron chi connectivity index (χ2n) is 6.56. The number of benzene rings is 2. The summed E-state index contributed by atoms with van der Waals surface area (Å²) in [5, 5.41) is 0.730. The maximum absolute atomic E-state index is 6.05. The van der Waals surface area contributed by atoms with Gasteiger partial charge in [0.25, 0.3) is 0 Å². The fourth-order valence-electron chi connectivity index (χ4n) is 3.31. The topological polar surface area (TPSA) is 36.3 Å². The first-order chi connectivity index (χ1) is 13.7. The molecule has 3 aliphatic heterocycles. The van der Waals surface area contributed by atoms with Crippen LogP contribution in [0.2, 0.25) is 5.02 Å². The van der Waals surface area contributed by atoms with Crippen LogP contribution in [0.5, 0.6) is 11.5 Å². The Hall–Kier alpha value is -2.63. The molecule has 0 bridgehead atoms. The summed E-state index contributed by atoms with van der Waals surface area (Å²) in [7, 11) is 2.01. The molecule has 2 aromatic rings. The van der Waals surface area contributed by atoms with Crippen LogP contribution in [0, 0.1) is 0 Å². The summed E-state index contributed by atoms with van der Waals surface area (Å²) in [6.07, 6.45) is 2.01. The lowest BCUT2D eigenvalue weighted by atomic mass is 10.1. The number of hydrogen-bond acceptors (Lipinski definition) is 4. The van der Waals surface area contributed by atoms with Crippen molar-refractivity contribution in [3.63, 3.8) is 0 Å². The van der Waals surface area contributed by atoms with Crippen molar-refractivity contribution < 1.29 is 9.47 Å². The van der Waals surface area contributed by atoms with E-state index in [1.165, 1.54) is 0 Å². The Morgan fingerprint density at radius 1 is 1.00 bits per heavy atom. The van der Waals surface area contributed by atoms with Gasteiger partial charge in [-0.05, 0) is 54.6 Å². The molecule has 140 valence electrons. The summed E-state index contributed by atoms with van der Waals surface area (Å²) in [5.41, 5.74) is 3.07. The molecule has 0 amide bonds. The third-order valence-electron chi connectivity index (χ3n) is 4.67. The summed E-state index contributed by atoms with van der Waals surface area (Å²) < 4.78 is 13.5. The van der Waals surface area contributed by atoms with E-state index in [1.807, 2.05) is 66.3 Å². The SMILES string of the molecule is Cn1cccc2c(Sc3ccc(Cl)cc3)c(-c3ccc4c(c3)OCCO4)nc1-2. The second kappa shape index (κ2) is 7.08. The Morgan fingerprint density at radius 3 is 2.61 bits per heavy atom. The lowest BCUT2D eigenvalue weighted by Crippen LogP contribution is -2.15. The third-order valence-corrected chi connectivity index (χ3v) is 6.05. The van der Waals surface area contributed by atoms with Gasteiger partial charge in [-0.2, -0.15) is 0 Å². The molecule has 0 unspecified atom stereocenters. The van der Waals surface area contributed by atoms with Crippen LogP contribution in [0.4, 0.5) is 0 Å². The first kappa shape index (κ1) is 17.5. The van der Waals surface area contributed by atoms with Crippen LogP contribution in [0.1, 0.15) is 0 Å². The molecule has 0 N–H and O–H groups in total. The zero-order valence-corrected chi connectivity index (χ0v) is 16.8. The highest BCUT2D eigenvalue weighted by Crippen LogP contribution is 2.45. The molecule has 0 saturated heterocycles. The molecule has 0 spiro atoms. The molecule has 28 heavy (non-hydrogen) atoms. The number of hydrogen-bond donors (Lipinski definition) is 0. The van der Waals surface area contributed by atoms with Crippen LogP contribution in [-0.4, -0.2) is 22.8 Å². The van der Waals surface area contributed by atoms with Gasteiger partial charge in [-0.25, -0.2) is 4.98 Å².